The number of nitrogens with zero attached hydrogens (tertiary/aromatic N) is 1. The maximum atomic E-state index is 12.3. The van der Waals surface area contributed by atoms with Gasteiger partial charge in [-0.1, -0.05) is 37.3 Å². The number of hydrogen-bond donors (Lipinski definition) is 0. The SMILES string of the molecule is CC[C@H](OC(=O)N(C(C)C)C(C)C)c1ccccc1. The first kappa shape index (κ1) is 15.5. The van der Waals surface area contributed by atoms with Gasteiger partial charge >= 0.3 is 6.09 Å². The lowest BCUT2D eigenvalue weighted by atomic mass is 10.1. The summed E-state index contributed by atoms with van der Waals surface area (Å²) in [5, 5.41) is 0. The molecule has 0 saturated carbocycles. The van der Waals surface area contributed by atoms with Crippen LogP contribution in [0.4, 0.5) is 4.79 Å². The van der Waals surface area contributed by atoms with E-state index in [4.69, 9.17) is 4.74 Å². The molecule has 0 radical (unpaired) electrons. The molecule has 1 aromatic carbocycles. The minimum absolute atomic E-state index is 0.140. The van der Waals surface area contributed by atoms with Crippen LogP contribution in [-0.4, -0.2) is 23.1 Å². The number of benzene rings is 1. The molecule has 0 fully saturated rings. The summed E-state index contributed by atoms with van der Waals surface area (Å²) in [6.07, 6.45) is 0.370. The van der Waals surface area contributed by atoms with Crippen molar-refractivity contribution in [1.29, 1.82) is 0 Å². The van der Waals surface area contributed by atoms with Crippen molar-refractivity contribution in [2.45, 2.75) is 59.2 Å². The van der Waals surface area contributed by atoms with E-state index >= 15 is 0 Å². The van der Waals surface area contributed by atoms with Crippen LogP contribution >= 0.6 is 0 Å². The molecular weight excluding hydrogens is 238 g/mol. The van der Waals surface area contributed by atoms with Gasteiger partial charge in [0.25, 0.3) is 0 Å². The molecule has 0 N–H and O–H groups in total. The fraction of sp³-hybridized carbons (Fsp3) is 0.562. The maximum Gasteiger partial charge on any atom is 0.410 e. The van der Waals surface area contributed by atoms with Gasteiger partial charge in [0.2, 0.25) is 0 Å². The van der Waals surface area contributed by atoms with E-state index in [1.165, 1.54) is 0 Å². The van der Waals surface area contributed by atoms with Crippen LogP contribution in [0, 0.1) is 0 Å². The third-order valence-electron chi connectivity index (χ3n) is 3.11. The highest BCUT2D eigenvalue weighted by atomic mass is 16.6. The molecule has 0 saturated heterocycles. The molecule has 3 nitrogen and oxygen atoms in total. The van der Waals surface area contributed by atoms with Gasteiger partial charge in [0.05, 0.1) is 0 Å². The van der Waals surface area contributed by atoms with Crippen molar-refractivity contribution in [3.63, 3.8) is 0 Å². The molecule has 0 aliphatic carbocycles. The van der Waals surface area contributed by atoms with Gasteiger partial charge in [0.15, 0.2) is 0 Å². The second-order valence-electron chi connectivity index (χ2n) is 5.29. The van der Waals surface area contributed by atoms with E-state index in [1.807, 2.05) is 65.0 Å². The lowest BCUT2D eigenvalue weighted by Crippen LogP contribution is -2.42. The fourth-order valence-corrected chi connectivity index (χ4v) is 2.26. The lowest BCUT2D eigenvalue weighted by molar-refractivity contribution is 0.0432. The highest BCUT2D eigenvalue weighted by Gasteiger charge is 2.24. The van der Waals surface area contributed by atoms with Crippen LogP contribution in [0.3, 0.4) is 0 Å². The summed E-state index contributed by atoms with van der Waals surface area (Å²) < 4.78 is 5.66. The van der Waals surface area contributed by atoms with Crippen molar-refractivity contribution < 1.29 is 9.53 Å². The van der Waals surface area contributed by atoms with Gasteiger partial charge in [-0.05, 0) is 39.7 Å². The van der Waals surface area contributed by atoms with E-state index < -0.39 is 0 Å². The van der Waals surface area contributed by atoms with E-state index in [2.05, 4.69) is 0 Å². The molecule has 1 aromatic rings. The first-order valence-electron chi connectivity index (χ1n) is 7.01. The maximum absolute atomic E-state index is 12.3. The highest BCUT2D eigenvalue weighted by Crippen LogP contribution is 2.22. The van der Waals surface area contributed by atoms with Crippen LogP contribution in [0.1, 0.15) is 52.7 Å². The number of rotatable bonds is 5. The monoisotopic (exact) mass is 263 g/mol. The van der Waals surface area contributed by atoms with Crippen molar-refractivity contribution in [2.75, 3.05) is 0 Å². The van der Waals surface area contributed by atoms with Gasteiger partial charge in [-0.2, -0.15) is 0 Å². The second kappa shape index (κ2) is 7.17. The van der Waals surface area contributed by atoms with Gasteiger partial charge < -0.3 is 9.64 Å². The average molecular weight is 263 g/mol. The third-order valence-corrected chi connectivity index (χ3v) is 3.11. The van der Waals surface area contributed by atoms with Crippen molar-refractivity contribution in [1.82, 2.24) is 4.90 Å². The molecular formula is C16H25NO2. The van der Waals surface area contributed by atoms with Gasteiger partial charge in [0.1, 0.15) is 6.10 Å². The van der Waals surface area contributed by atoms with Crippen LogP contribution in [-0.2, 0) is 4.74 Å². The molecule has 0 bridgehead atoms. The predicted molar refractivity (Wildman–Crippen MR) is 78.1 cm³/mol. The van der Waals surface area contributed by atoms with Crippen molar-refractivity contribution >= 4 is 6.09 Å². The molecule has 0 aliphatic rings. The van der Waals surface area contributed by atoms with Gasteiger partial charge in [-0.3, -0.25) is 0 Å². The van der Waals surface area contributed by atoms with Crippen molar-refractivity contribution in [3.05, 3.63) is 35.9 Å². The first-order chi connectivity index (χ1) is 8.97. The normalized spacial score (nSPS) is 12.6. The molecule has 0 aliphatic heterocycles. The minimum Gasteiger partial charge on any atom is -0.441 e. The standard InChI is InChI=1S/C16H25NO2/c1-6-15(14-10-8-7-9-11-14)19-16(18)17(12(2)3)13(4)5/h7-13,15H,6H2,1-5H3/t15-/m0/s1. The van der Waals surface area contributed by atoms with Crippen molar-refractivity contribution in [3.8, 4) is 0 Å². The Morgan fingerprint density at radius 2 is 1.63 bits per heavy atom. The largest absolute Gasteiger partial charge is 0.441 e. The van der Waals surface area contributed by atoms with E-state index in [0.717, 1.165) is 12.0 Å². The Bertz CT molecular complexity index is 379. The van der Waals surface area contributed by atoms with Gasteiger partial charge in [-0.25, -0.2) is 4.79 Å². The van der Waals surface area contributed by atoms with Crippen LogP contribution in [0.15, 0.2) is 30.3 Å². The zero-order valence-electron chi connectivity index (χ0n) is 12.6. The van der Waals surface area contributed by atoms with Gasteiger partial charge in [-0.15, -0.1) is 0 Å². The third kappa shape index (κ3) is 4.27. The topological polar surface area (TPSA) is 29.5 Å². The summed E-state index contributed by atoms with van der Waals surface area (Å²) in [6.45, 7) is 10.0. The molecule has 0 spiro atoms. The quantitative estimate of drug-likeness (QED) is 0.788. The highest BCUT2D eigenvalue weighted by molar-refractivity contribution is 5.68. The molecule has 0 aromatic heterocycles. The van der Waals surface area contributed by atoms with E-state index in [1.54, 1.807) is 4.90 Å². The number of carbonyl (C=O) groups is 1. The Morgan fingerprint density at radius 3 is 2.05 bits per heavy atom. The molecule has 106 valence electrons. The number of hydrogen-bond acceptors (Lipinski definition) is 2. The van der Waals surface area contributed by atoms with Gasteiger partial charge in [0, 0.05) is 12.1 Å². The number of carbonyl (C=O) groups excluding carboxylic acids is 1. The molecule has 3 heteroatoms. The molecule has 0 heterocycles. The van der Waals surface area contributed by atoms with Crippen LogP contribution in [0.25, 0.3) is 0 Å². The fourth-order valence-electron chi connectivity index (χ4n) is 2.26. The van der Waals surface area contributed by atoms with E-state index in [9.17, 15) is 4.79 Å². The number of amides is 1. The zero-order chi connectivity index (χ0) is 14.4. The molecule has 1 atom stereocenters. The average Bonchev–Trinajstić information content (AvgIpc) is 2.36. The summed E-state index contributed by atoms with van der Waals surface area (Å²) in [7, 11) is 0. The van der Waals surface area contributed by atoms with E-state index in [-0.39, 0.29) is 24.3 Å². The first-order valence-corrected chi connectivity index (χ1v) is 7.01. The molecule has 1 amide bonds. The Kier molecular flexibility index (Phi) is 5.87. The van der Waals surface area contributed by atoms with Crippen LogP contribution < -0.4 is 0 Å². The lowest BCUT2D eigenvalue weighted by Gasteiger charge is -2.31. The van der Waals surface area contributed by atoms with Crippen molar-refractivity contribution in [2.24, 2.45) is 0 Å². The van der Waals surface area contributed by atoms with E-state index in [0.29, 0.717) is 0 Å². The Morgan fingerprint density at radius 1 is 1.11 bits per heavy atom. The van der Waals surface area contributed by atoms with Crippen LogP contribution in [0.2, 0.25) is 0 Å². The Balaban J connectivity index is 2.78. The summed E-state index contributed by atoms with van der Waals surface area (Å²) in [5.41, 5.74) is 1.05. The zero-order valence-corrected chi connectivity index (χ0v) is 12.6. The number of ether oxygens (including phenoxy) is 1. The van der Waals surface area contributed by atoms with Crippen LogP contribution in [0.5, 0.6) is 0 Å². The summed E-state index contributed by atoms with van der Waals surface area (Å²) in [5.74, 6) is 0. The molecule has 19 heavy (non-hydrogen) atoms. The molecule has 1 rings (SSSR count). The Labute approximate surface area is 116 Å². The predicted octanol–water partition coefficient (Wildman–Crippen LogP) is 4.39. The summed E-state index contributed by atoms with van der Waals surface area (Å²) in [6, 6.07) is 10.2. The molecule has 0 unspecified atom stereocenters. The minimum atomic E-state index is -0.235. The summed E-state index contributed by atoms with van der Waals surface area (Å²) >= 11 is 0. The second-order valence-corrected chi connectivity index (χ2v) is 5.29. The summed E-state index contributed by atoms with van der Waals surface area (Å²) in [4.78, 5) is 14.0. The smallest absolute Gasteiger partial charge is 0.410 e. The Hall–Kier alpha value is -1.51.